The summed E-state index contributed by atoms with van der Waals surface area (Å²) in [5, 5.41) is 27.8. The molecule has 3 aromatic carbocycles. The van der Waals surface area contributed by atoms with Crippen LogP contribution in [0.4, 0.5) is 0 Å². The number of hydrogen-bond acceptors (Lipinski definition) is 3. The largest absolute Gasteiger partial charge is 0.508 e. The summed E-state index contributed by atoms with van der Waals surface area (Å²) in [4.78, 5) is 0. The highest BCUT2D eigenvalue weighted by molar-refractivity contribution is 6.32. The van der Waals surface area contributed by atoms with Crippen molar-refractivity contribution < 1.29 is 15.3 Å². The smallest absolute Gasteiger partial charge is 0.134 e. The minimum Gasteiger partial charge on any atom is -0.508 e. The standard InChI is InChI=1S/3C6H5ClO/c7-5-1-3-6(8)4-2-5;7-5-2-1-3-6(8)4-5;7-5-3-1-2-4-6(5)8/h3*1-4,8H. The fourth-order valence-electron chi connectivity index (χ4n) is 1.37. The molecule has 0 heterocycles. The maximum atomic E-state index is 8.79. The lowest BCUT2D eigenvalue weighted by atomic mass is 10.3. The first kappa shape index (κ1) is 20.0. The van der Waals surface area contributed by atoms with E-state index in [2.05, 4.69) is 0 Å². The Morgan fingerprint density at radius 3 is 1.54 bits per heavy atom. The predicted molar refractivity (Wildman–Crippen MR) is 99.4 cm³/mol. The van der Waals surface area contributed by atoms with E-state index in [9.17, 15) is 0 Å². The number of aromatic hydroxyl groups is 3. The van der Waals surface area contributed by atoms with Crippen LogP contribution in [0.15, 0.2) is 72.8 Å². The van der Waals surface area contributed by atoms with Gasteiger partial charge in [0.1, 0.15) is 17.2 Å². The molecule has 6 heteroatoms. The predicted octanol–water partition coefficient (Wildman–Crippen LogP) is 6.14. The Kier molecular flexibility index (Phi) is 8.87. The van der Waals surface area contributed by atoms with Gasteiger partial charge in [0.25, 0.3) is 0 Å². The van der Waals surface area contributed by atoms with E-state index in [1.54, 1.807) is 66.7 Å². The van der Waals surface area contributed by atoms with Crippen LogP contribution in [0.2, 0.25) is 15.1 Å². The van der Waals surface area contributed by atoms with Crippen molar-refractivity contribution in [3.8, 4) is 17.2 Å². The topological polar surface area (TPSA) is 60.7 Å². The summed E-state index contributed by atoms with van der Waals surface area (Å²) in [6.45, 7) is 0. The number of hydrogen-bond donors (Lipinski definition) is 3. The van der Waals surface area contributed by atoms with Crippen molar-refractivity contribution in [1.82, 2.24) is 0 Å². The second kappa shape index (κ2) is 10.7. The Morgan fingerprint density at radius 2 is 1.17 bits per heavy atom. The van der Waals surface area contributed by atoms with Crippen LogP contribution in [0, 0.1) is 0 Å². The average Bonchev–Trinajstić information content (AvgIpc) is 2.54. The minimum atomic E-state index is 0.133. The van der Waals surface area contributed by atoms with Gasteiger partial charge in [-0.1, -0.05) is 53.0 Å². The molecule has 0 fully saturated rings. The van der Waals surface area contributed by atoms with E-state index >= 15 is 0 Å². The van der Waals surface area contributed by atoms with Crippen LogP contribution in [0.3, 0.4) is 0 Å². The van der Waals surface area contributed by atoms with Crippen LogP contribution in [0.25, 0.3) is 0 Å². The third-order valence-corrected chi connectivity index (χ3v) is 3.29. The van der Waals surface area contributed by atoms with Crippen molar-refractivity contribution in [2.75, 3.05) is 0 Å². The number of halogens is 3. The van der Waals surface area contributed by atoms with Crippen LogP contribution in [-0.4, -0.2) is 15.3 Å². The number of phenols is 3. The second-order valence-electron chi connectivity index (χ2n) is 4.41. The molecule has 0 aliphatic rings. The van der Waals surface area contributed by atoms with Gasteiger partial charge in [-0.15, -0.1) is 0 Å². The van der Waals surface area contributed by atoms with Crippen LogP contribution in [0.5, 0.6) is 17.2 Å². The summed E-state index contributed by atoms with van der Waals surface area (Å²) in [7, 11) is 0. The monoisotopic (exact) mass is 384 g/mol. The molecule has 3 N–H and O–H groups in total. The van der Waals surface area contributed by atoms with Gasteiger partial charge in [0.15, 0.2) is 0 Å². The van der Waals surface area contributed by atoms with Gasteiger partial charge in [-0.25, -0.2) is 0 Å². The second-order valence-corrected chi connectivity index (χ2v) is 5.69. The van der Waals surface area contributed by atoms with Crippen molar-refractivity contribution in [2.24, 2.45) is 0 Å². The summed E-state index contributed by atoms with van der Waals surface area (Å²) in [6.07, 6.45) is 0. The van der Waals surface area contributed by atoms with Gasteiger partial charge < -0.3 is 15.3 Å². The normalized spacial score (nSPS) is 9.12. The summed E-state index contributed by atoms with van der Waals surface area (Å²) in [5.41, 5.74) is 0. The Labute approximate surface area is 155 Å². The maximum absolute atomic E-state index is 8.79. The fraction of sp³-hybridized carbons (Fsp3) is 0. The van der Waals surface area contributed by atoms with E-state index < -0.39 is 0 Å². The molecule has 0 bridgehead atoms. The molecule has 3 nitrogen and oxygen atoms in total. The zero-order chi connectivity index (χ0) is 17.9. The minimum absolute atomic E-state index is 0.133. The summed E-state index contributed by atoms with van der Waals surface area (Å²) < 4.78 is 0. The van der Waals surface area contributed by atoms with Crippen LogP contribution in [0.1, 0.15) is 0 Å². The molecule has 3 rings (SSSR count). The number of para-hydroxylation sites is 1. The lowest BCUT2D eigenvalue weighted by molar-refractivity contribution is 0.475. The number of benzene rings is 3. The van der Waals surface area contributed by atoms with Crippen molar-refractivity contribution in [2.45, 2.75) is 0 Å². The first-order chi connectivity index (χ1) is 11.4. The highest BCUT2D eigenvalue weighted by Crippen LogP contribution is 2.20. The summed E-state index contributed by atoms with van der Waals surface area (Å²) >= 11 is 16.4. The van der Waals surface area contributed by atoms with Gasteiger partial charge in [-0.05, 0) is 54.6 Å². The van der Waals surface area contributed by atoms with Gasteiger partial charge in [0.05, 0.1) is 5.02 Å². The SMILES string of the molecule is Oc1ccc(Cl)cc1.Oc1cccc(Cl)c1.Oc1ccccc1Cl. The third-order valence-electron chi connectivity index (χ3n) is 2.49. The van der Waals surface area contributed by atoms with Gasteiger partial charge in [-0.3, -0.25) is 0 Å². The van der Waals surface area contributed by atoms with E-state index in [-0.39, 0.29) is 17.2 Å². The highest BCUT2D eigenvalue weighted by Gasteiger charge is 1.90. The molecular weight excluding hydrogens is 371 g/mol. The molecule has 0 aliphatic heterocycles. The van der Waals surface area contributed by atoms with Gasteiger partial charge >= 0.3 is 0 Å². The van der Waals surface area contributed by atoms with Crippen molar-refractivity contribution in [1.29, 1.82) is 0 Å². The van der Waals surface area contributed by atoms with Crippen molar-refractivity contribution in [3.63, 3.8) is 0 Å². The average molecular weight is 386 g/mol. The Hall–Kier alpha value is -2.07. The lowest BCUT2D eigenvalue weighted by Gasteiger charge is -1.89. The van der Waals surface area contributed by atoms with Gasteiger partial charge in [0.2, 0.25) is 0 Å². The van der Waals surface area contributed by atoms with Crippen LogP contribution < -0.4 is 0 Å². The lowest BCUT2D eigenvalue weighted by Crippen LogP contribution is -1.62. The Bertz CT molecular complexity index is 687. The molecule has 0 saturated carbocycles. The summed E-state index contributed by atoms with van der Waals surface area (Å²) in [5.74, 6) is 0.584. The van der Waals surface area contributed by atoms with E-state index in [0.717, 1.165) is 0 Å². The van der Waals surface area contributed by atoms with Crippen LogP contribution >= 0.6 is 34.8 Å². The molecule has 126 valence electrons. The first-order valence-electron chi connectivity index (χ1n) is 6.71. The molecule has 24 heavy (non-hydrogen) atoms. The van der Waals surface area contributed by atoms with E-state index in [1.807, 2.05) is 0 Å². The van der Waals surface area contributed by atoms with E-state index in [4.69, 9.17) is 50.1 Å². The summed E-state index contributed by atoms with van der Waals surface area (Å²) in [6, 6.07) is 19.5. The van der Waals surface area contributed by atoms with E-state index in [0.29, 0.717) is 15.1 Å². The molecule has 3 aromatic rings. The molecule has 0 aromatic heterocycles. The molecular formula is C18H15Cl3O3. The van der Waals surface area contributed by atoms with Crippen molar-refractivity contribution >= 4 is 34.8 Å². The molecule has 0 radical (unpaired) electrons. The third kappa shape index (κ3) is 8.53. The quantitative estimate of drug-likeness (QED) is 0.436. The Morgan fingerprint density at radius 1 is 0.542 bits per heavy atom. The molecule has 0 atom stereocenters. The maximum Gasteiger partial charge on any atom is 0.134 e. The zero-order valence-corrected chi connectivity index (χ0v) is 14.7. The zero-order valence-electron chi connectivity index (χ0n) is 12.4. The molecule has 0 unspecified atom stereocenters. The molecule has 0 amide bonds. The van der Waals surface area contributed by atoms with Crippen molar-refractivity contribution in [3.05, 3.63) is 87.9 Å². The number of phenolic OH excluding ortho intramolecular Hbond substituents is 3. The first-order valence-corrected chi connectivity index (χ1v) is 7.84. The molecule has 0 aliphatic carbocycles. The molecule has 0 saturated heterocycles. The number of rotatable bonds is 0. The van der Waals surface area contributed by atoms with Gasteiger partial charge in [-0.2, -0.15) is 0 Å². The Balaban J connectivity index is 0.000000180. The van der Waals surface area contributed by atoms with E-state index in [1.165, 1.54) is 6.07 Å². The van der Waals surface area contributed by atoms with Crippen LogP contribution in [-0.2, 0) is 0 Å². The highest BCUT2D eigenvalue weighted by atomic mass is 35.5. The molecule has 0 spiro atoms. The fourth-order valence-corrected chi connectivity index (χ4v) is 1.82. The van der Waals surface area contributed by atoms with Gasteiger partial charge in [0, 0.05) is 10.0 Å².